The Morgan fingerprint density at radius 2 is 2.00 bits per heavy atom. The fourth-order valence-electron chi connectivity index (χ4n) is 1.54. The standard InChI is InChI=1S/C13H8Cl2N2/c14-10-1-2-13(15)12(8-10)9-4-6-17-11(7-9)3-5-16/h1-2,4,6-8H,3H2. The second-order valence-electron chi connectivity index (χ2n) is 3.49. The maximum Gasteiger partial charge on any atom is 0.0774 e. The molecule has 4 heteroatoms. The minimum Gasteiger partial charge on any atom is -0.260 e. The van der Waals surface area contributed by atoms with Gasteiger partial charge < -0.3 is 0 Å². The molecular formula is C13H8Cl2N2. The fourth-order valence-corrected chi connectivity index (χ4v) is 1.94. The summed E-state index contributed by atoms with van der Waals surface area (Å²) in [6.07, 6.45) is 1.95. The van der Waals surface area contributed by atoms with Crippen LogP contribution in [0.1, 0.15) is 5.69 Å². The van der Waals surface area contributed by atoms with E-state index in [1.165, 1.54) is 0 Å². The zero-order chi connectivity index (χ0) is 12.3. The lowest BCUT2D eigenvalue weighted by atomic mass is 10.1. The van der Waals surface area contributed by atoms with Crippen molar-refractivity contribution in [3.63, 3.8) is 0 Å². The van der Waals surface area contributed by atoms with Crippen molar-refractivity contribution < 1.29 is 0 Å². The van der Waals surface area contributed by atoms with E-state index < -0.39 is 0 Å². The van der Waals surface area contributed by atoms with E-state index in [9.17, 15) is 0 Å². The topological polar surface area (TPSA) is 36.7 Å². The minimum atomic E-state index is 0.284. The van der Waals surface area contributed by atoms with Gasteiger partial charge in [0.05, 0.1) is 18.2 Å². The Morgan fingerprint density at radius 3 is 2.76 bits per heavy atom. The molecule has 0 amide bonds. The van der Waals surface area contributed by atoms with E-state index in [1.54, 1.807) is 24.4 Å². The van der Waals surface area contributed by atoms with Crippen LogP contribution in [0.4, 0.5) is 0 Å². The van der Waals surface area contributed by atoms with Gasteiger partial charge in [0.1, 0.15) is 0 Å². The molecule has 0 aliphatic heterocycles. The average Bonchev–Trinajstić information content (AvgIpc) is 2.33. The Bertz CT molecular complexity index is 588. The van der Waals surface area contributed by atoms with Crippen LogP contribution in [0.2, 0.25) is 10.0 Å². The average molecular weight is 263 g/mol. The summed E-state index contributed by atoms with van der Waals surface area (Å²) >= 11 is 12.1. The number of hydrogen-bond acceptors (Lipinski definition) is 2. The van der Waals surface area contributed by atoms with Crippen LogP contribution in [0.15, 0.2) is 36.5 Å². The highest BCUT2D eigenvalue weighted by Gasteiger charge is 2.05. The second kappa shape index (κ2) is 5.18. The Labute approximate surface area is 109 Å². The van der Waals surface area contributed by atoms with E-state index in [-0.39, 0.29) is 6.42 Å². The minimum absolute atomic E-state index is 0.284. The lowest BCUT2D eigenvalue weighted by molar-refractivity contribution is 1.12. The molecule has 0 atom stereocenters. The molecule has 0 saturated heterocycles. The van der Waals surface area contributed by atoms with Crippen LogP contribution in [-0.4, -0.2) is 4.98 Å². The summed E-state index contributed by atoms with van der Waals surface area (Å²) in [5, 5.41) is 9.90. The van der Waals surface area contributed by atoms with Crippen molar-refractivity contribution in [2.24, 2.45) is 0 Å². The van der Waals surface area contributed by atoms with Gasteiger partial charge in [-0.05, 0) is 35.9 Å². The SMILES string of the molecule is N#CCc1cc(-c2cc(Cl)ccc2Cl)ccn1. The summed E-state index contributed by atoms with van der Waals surface area (Å²) in [6.45, 7) is 0. The smallest absolute Gasteiger partial charge is 0.0774 e. The van der Waals surface area contributed by atoms with Gasteiger partial charge in [-0.1, -0.05) is 23.2 Å². The lowest BCUT2D eigenvalue weighted by Gasteiger charge is -2.06. The van der Waals surface area contributed by atoms with Crippen molar-refractivity contribution in [3.8, 4) is 17.2 Å². The molecule has 1 heterocycles. The van der Waals surface area contributed by atoms with E-state index in [1.807, 2.05) is 12.1 Å². The van der Waals surface area contributed by atoms with Crippen molar-refractivity contribution in [3.05, 3.63) is 52.3 Å². The Balaban J connectivity index is 2.49. The monoisotopic (exact) mass is 262 g/mol. The van der Waals surface area contributed by atoms with E-state index >= 15 is 0 Å². The first-order valence-corrected chi connectivity index (χ1v) is 5.73. The van der Waals surface area contributed by atoms with Gasteiger partial charge >= 0.3 is 0 Å². The van der Waals surface area contributed by atoms with Crippen molar-refractivity contribution in [1.82, 2.24) is 4.98 Å². The van der Waals surface area contributed by atoms with Crippen molar-refractivity contribution in [1.29, 1.82) is 5.26 Å². The molecule has 0 aliphatic rings. The van der Waals surface area contributed by atoms with E-state index in [0.29, 0.717) is 10.0 Å². The van der Waals surface area contributed by atoms with Gasteiger partial charge in [0, 0.05) is 21.8 Å². The van der Waals surface area contributed by atoms with E-state index in [2.05, 4.69) is 11.1 Å². The summed E-state index contributed by atoms with van der Waals surface area (Å²) in [7, 11) is 0. The largest absolute Gasteiger partial charge is 0.260 e. The molecule has 2 nitrogen and oxygen atoms in total. The van der Waals surface area contributed by atoms with Crippen LogP contribution in [0.25, 0.3) is 11.1 Å². The van der Waals surface area contributed by atoms with Crippen LogP contribution in [0, 0.1) is 11.3 Å². The van der Waals surface area contributed by atoms with Gasteiger partial charge in [-0.3, -0.25) is 4.98 Å². The molecule has 1 aromatic carbocycles. The maximum atomic E-state index is 8.64. The summed E-state index contributed by atoms with van der Waals surface area (Å²) < 4.78 is 0. The third kappa shape index (κ3) is 2.76. The molecule has 0 fully saturated rings. The van der Waals surface area contributed by atoms with Crippen LogP contribution < -0.4 is 0 Å². The molecule has 2 aromatic rings. The van der Waals surface area contributed by atoms with Crippen molar-refractivity contribution >= 4 is 23.2 Å². The molecule has 0 aliphatic carbocycles. The first-order valence-electron chi connectivity index (χ1n) is 4.98. The maximum absolute atomic E-state index is 8.64. The van der Waals surface area contributed by atoms with Crippen LogP contribution in [-0.2, 0) is 6.42 Å². The number of nitrogens with zero attached hydrogens (tertiary/aromatic N) is 2. The molecule has 2 rings (SSSR count). The first-order chi connectivity index (χ1) is 8.20. The number of halogens is 2. The normalized spacial score (nSPS) is 9.94. The Kier molecular flexibility index (Phi) is 3.63. The Morgan fingerprint density at radius 1 is 1.18 bits per heavy atom. The number of pyridine rings is 1. The highest BCUT2D eigenvalue weighted by atomic mass is 35.5. The van der Waals surface area contributed by atoms with Gasteiger partial charge in [0.25, 0.3) is 0 Å². The van der Waals surface area contributed by atoms with E-state index in [4.69, 9.17) is 28.5 Å². The first kappa shape index (κ1) is 11.9. The molecule has 0 spiro atoms. The molecule has 0 bridgehead atoms. The van der Waals surface area contributed by atoms with Gasteiger partial charge in [-0.25, -0.2) is 0 Å². The van der Waals surface area contributed by atoms with Gasteiger partial charge in [0.15, 0.2) is 0 Å². The lowest BCUT2D eigenvalue weighted by Crippen LogP contribution is -1.89. The van der Waals surface area contributed by atoms with Crippen LogP contribution in [0.5, 0.6) is 0 Å². The predicted octanol–water partition coefficient (Wildman–Crippen LogP) is 4.12. The van der Waals surface area contributed by atoms with Gasteiger partial charge in [-0.15, -0.1) is 0 Å². The predicted molar refractivity (Wildman–Crippen MR) is 69.0 cm³/mol. The van der Waals surface area contributed by atoms with Crippen LogP contribution >= 0.6 is 23.2 Å². The number of aromatic nitrogens is 1. The zero-order valence-corrected chi connectivity index (χ0v) is 10.3. The molecule has 0 N–H and O–H groups in total. The summed E-state index contributed by atoms with van der Waals surface area (Å²) in [4.78, 5) is 4.11. The summed E-state index contributed by atoms with van der Waals surface area (Å²) in [6, 6.07) is 11.1. The fraction of sp³-hybridized carbons (Fsp3) is 0.0769. The molecule has 17 heavy (non-hydrogen) atoms. The number of benzene rings is 1. The third-order valence-electron chi connectivity index (χ3n) is 2.32. The quantitative estimate of drug-likeness (QED) is 0.817. The number of hydrogen-bond donors (Lipinski definition) is 0. The third-order valence-corrected chi connectivity index (χ3v) is 2.88. The Hall–Kier alpha value is -1.56. The highest BCUT2D eigenvalue weighted by molar-refractivity contribution is 6.35. The summed E-state index contributed by atoms with van der Waals surface area (Å²) in [5.41, 5.74) is 2.49. The molecule has 0 radical (unpaired) electrons. The van der Waals surface area contributed by atoms with Crippen molar-refractivity contribution in [2.75, 3.05) is 0 Å². The second-order valence-corrected chi connectivity index (χ2v) is 4.34. The summed E-state index contributed by atoms with van der Waals surface area (Å²) in [5.74, 6) is 0. The molecule has 0 saturated carbocycles. The number of rotatable bonds is 2. The van der Waals surface area contributed by atoms with Gasteiger partial charge in [-0.2, -0.15) is 5.26 Å². The highest BCUT2D eigenvalue weighted by Crippen LogP contribution is 2.30. The zero-order valence-electron chi connectivity index (χ0n) is 8.82. The molecule has 0 unspecified atom stereocenters. The molecular weight excluding hydrogens is 255 g/mol. The molecule has 1 aromatic heterocycles. The van der Waals surface area contributed by atoms with Crippen LogP contribution in [0.3, 0.4) is 0 Å². The van der Waals surface area contributed by atoms with Crippen molar-refractivity contribution in [2.45, 2.75) is 6.42 Å². The number of nitriles is 1. The molecule has 84 valence electrons. The van der Waals surface area contributed by atoms with E-state index in [0.717, 1.165) is 16.8 Å². The van der Waals surface area contributed by atoms with Gasteiger partial charge in [0.2, 0.25) is 0 Å².